The quantitative estimate of drug-likeness (QED) is 0.754. The summed E-state index contributed by atoms with van der Waals surface area (Å²) >= 11 is 0. The summed E-state index contributed by atoms with van der Waals surface area (Å²) < 4.78 is 5.06. The Morgan fingerprint density at radius 1 is 1.08 bits per heavy atom. The number of likely N-dealkylation sites (tertiary alicyclic amines) is 1. The highest BCUT2D eigenvalue weighted by Gasteiger charge is 2.55. The second-order valence-corrected chi connectivity index (χ2v) is 7.29. The molecule has 1 aliphatic carbocycles. The molecule has 0 N–H and O–H groups in total. The van der Waals surface area contributed by atoms with Crippen LogP contribution in [0.1, 0.15) is 29.9 Å². The standard InChI is InChI=1S/C22H25NO2/c1-25-22(24)21-20-14-18(20)15-23(21)13-12-19(16-8-4-2-5-9-16)17-10-6-3-7-11-17/h2-11,18-21H,12-15H2,1H3/t18-,20-,21-/m1/s1. The maximum atomic E-state index is 12.2. The molecule has 130 valence electrons. The third kappa shape index (κ3) is 3.34. The van der Waals surface area contributed by atoms with Crippen molar-refractivity contribution in [3.8, 4) is 0 Å². The van der Waals surface area contributed by atoms with E-state index in [9.17, 15) is 4.79 Å². The summed E-state index contributed by atoms with van der Waals surface area (Å²) in [4.78, 5) is 14.5. The summed E-state index contributed by atoms with van der Waals surface area (Å²) in [6.45, 7) is 1.97. The van der Waals surface area contributed by atoms with E-state index in [1.54, 1.807) is 0 Å². The second kappa shape index (κ2) is 7.01. The molecule has 0 spiro atoms. The Kier molecular flexibility index (Phi) is 4.58. The van der Waals surface area contributed by atoms with Crippen molar-refractivity contribution in [2.45, 2.75) is 24.8 Å². The van der Waals surface area contributed by atoms with Gasteiger partial charge in [0.2, 0.25) is 0 Å². The number of carbonyl (C=O) groups is 1. The molecule has 1 heterocycles. The minimum absolute atomic E-state index is 0.0257. The van der Waals surface area contributed by atoms with E-state index in [0.717, 1.165) is 19.5 Å². The molecule has 25 heavy (non-hydrogen) atoms. The first-order chi connectivity index (χ1) is 12.3. The van der Waals surface area contributed by atoms with Gasteiger partial charge in [0.05, 0.1) is 7.11 Å². The van der Waals surface area contributed by atoms with E-state index >= 15 is 0 Å². The van der Waals surface area contributed by atoms with Gasteiger partial charge in [-0.2, -0.15) is 0 Å². The van der Waals surface area contributed by atoms with Crippen LogP contribution in [0.2, 0.25) is 0 Å². The molecule has 0 aromatic heterocycles. The van der Waals surface area contributed by atoms with Crippen LogP contribution in [-0.2, 0) is 9.53 Å². The van der Waals surface area contributed by atoms with Crippen LogP contribution in [0.25, 0.3) is 0 Å². The predicted octanol–water partition coefficient (Wildman–Crippen LogP) is 3.70. The number of benzene rings is 2. The summed E-state index contributed by atoms with van der Waals surface area (Å²) in [5.74, 6) is 1.54. The van der Waals surface area contributed by atoms with Crippen molar-refractivity contribution in [2.75, 3.05) is 20.2 Å². The van der Waals surface area contributed by atoms with Gasteiger partial charge in [0.25, 0.3) is 0 Å². The molecule has 2 aliphatic rings. The molecule has 2 aromatic carbocycles. The summed E-state index contributed by atoms with van der Waals surface area (Å²) in [5, 5.41) is 0. The van der Waals surface area contributed by atoms with Gasteiger partial charge in [0.1, 0.15) is 6.04 Å². The number of hydrogen-bond donors (Lipinski definition) is 0. The van der Waals surface area contributed by atoms with Crippen LogP contribution < -0.4 is 0 Å². The van der Waals surface area contributed by atoms with E-state index in [1.165, 1.54) is 24.7 Å². The maximum absolute atomic E-state index is 12.2. The summed E-state index contributed by atoms with van der Waals surface area (Å²) in [7, 11) is 1.51. The minimum atomic E-state index is -0.0547. The highest BCUT2D eigenvalue weighted by atomic mass is 16.5. The number of piperidine rings is 1. The average molecular weight is 335 g/mol. The van der Waals surface area contributed by atoms with Crippen molar-refractivity contribution in [3.05, 3.63) is 71.8 Å². The van der Waals surface area contributed by atoms with Crippen molar-refractivity contribution in [1.29, 1.82) is 0 Å². The number of esters is 1. The fourth-order valence-electron chi connectivity index (χ4n) is 4.42. The van der Waals surface area contributed by atoms with E-state index in [2.05, 4.69) is 65.6 Å². The normalized spacial score (nSPS) is 25.0. The Hall–Kier alpha value is -2.13. The molecule has 1 saturated carbocycles. The Bertz CT molecular complexity index is 676. The molecule has 0 bridgehead atoms. The predicted molar refractivity (Wildman–Crippen MR) is 98.3 cm³/mol. The molecule has 0 radical (unpaired) electrons. The third-order valence-electron chi connectivity index (χ3n) is 5.80. The van der Waals surface area contributed by atoms with E-state index in [0.29, 0.717) is 17.8 Å². The number of nitrogens with zero attached hydrogens (tertiary/aromatic N) is 1. The van der Waals surface area contributed by atoms with Crippen LogP contribution in [0.3, 0.4) is 0 Å². The van der Waals surface area contributed by atoms with Crippen molar-refractivity contribution in [3.63, 3.8) is 0 Å². The Balaban J connectivity index is 1.51. The van der Waals surface area contributed by atoms with Gasteiger partial charge in [-0.15, -0.1) is 0 Å². The molecule has 0 unspecified atom stereocenters. The lowest BCUT2D eigenvalue weighted by atomic mass is 9.88. The van der Waals surface area contributed by atoms with Crippen LogP contribution in [-0.4, -0.2) is 37.1 Å². The van der Waals surface area contributed by atoms with Gasteiger partial charge < -0.3 is 4.74 Å². The van der Waals surface area contributed by atoms with Crippen molar-refractivity contribution < 1.29 is 9.53 Å². The van der Waals surface area contributed by atoms with Crippen molar-refractivity contribution in [2.24, 2.45) is 11.8 Å². The van der Waals surface area contributed by atoms with E-state index < -0.39 is 0 Å². The van der Waals surface area contributed by atoms with Crippen LogP contribution >= 0.6 is 0 Å². The second-order valence-electron chi connectivity index (χ2n) is 7.29. The molecule has 4 rings (SSSR count). The number of ether oxygens (including phenoxy) is 1. The fourth-order valence-corrected chi connectivity index (χ4v) is 4.42. The lowest BCUT2D eigenvalue weighted by Gasteiger charge is -2.27. The summed E-state index contributed by atoms with van der Waals surface area (Å²) in [5.41, 5.74) is 2.68. The smallest absolute Gasteiger partial charge is 0.323 e. The third-order valence-corrected chi connectivity index (χ3v) is 5.80. The Labute approximate surface area is 149 Å². The maximum Gasteiger partial charge on any atom is 0.323 e. The van der Waals surface area contributed by atoms with Crippen LogP contribution in [0, 0.1) is 11.8 Å². The van der Waals surface area contributed by atoms with Crippen LogP contribution in [0.15, 0.2) is 60.7 Å². The zero-order chi connectivity index (χ0) is 17.2. The molecule has 1 aliphatic heterocycles. The number of methoxy groups -OCH3 is 1. The van der Waals surface area contributed by atoms with Crippen molar-refractivity contribution >= 4 is 5.97 Å². The van der Waals surface area contributed by atoms with Gasteiger partial charge >= 0.3 is 5.97 Å². The number of rotatable bonds is 6. The molecule has 1 saturated heterocycles. The first-order valence-corrected chi connectivity index (χ1v) is 9.19. The lowest BCUT2D eigenvalue weighted by molar-refractivity contribution is -0.146. The highest BCUT2D eigenvalue weighted by Crippen LogP contribution is 2.50. The Morgan fingerprint density at radius 2 is 1.68 bits per heavy atom. The number of fused-ring (bicyclic) bond motifs is 1. The summed E-state index contributed by atoms with van der Waals surface area (Å²) in [6, 6.07) is 21.3. The van der Waals surface area contributed by atoms with Gasteiger partial charge in [0.15, 0.2) is 0 Å². The van der Waals surface area contributed by atoms with E-state index in [4.69, 9.17) is 4.74 Å². The molecule has 3 heteroatoms. The zero-order valence-corrected chi connectivity index (χ0v) is 14.7. The van der Waals surface area contributed by atoms with Gasteiger partial charge in [-0.3, -0.25) is 9.69 Å². The highest BCUT2D eigenvalue weighted by molar-refractivity contribution is 5.77. The molecular weight excluding hydrogens is 310 g/mol. The monoisotopic (exact) mass is 335 g/mol. The topological polar surface area (TPSA) is 29.5 Å². The largest absolute Gasteiger partial charge is 0.468 e. The SMILES string of the molecule is COC(=O)[C@H]1[C@@H]2C[C@@H]2CN1CCC(c1ccccc1)c1ccccc1. The Morgan fingerprint density at radius 3 is 2.24 bits per heavy atom. The molecule has 0 amide bonds. The van der Waals surface area contributed by atoms with Gasteiger partial charge in [-0.1, -0.05) is 60.7 Å². The molecule has 3 atom stereocenters. The lowest BCUT2D eigenvalue weighted by Crippen LogP contribution is -2.41. The van der Waals surface area contributed by atoms with E-state index in [1.807, 2.05) is 0 Å². The average Bonchev–Trinajstić information content (AvgIpc) is 3.33. The first kappa shape index (κ1) is 16.3. The number of hydrogen-bond acceptors (Lipinski definition) is 3. The first-order valence-electron chi connectivity index (χ1n) is 9.19. The van der Waals surface area contributed by atoms with Crippen LogP contribution in [0.4, 0.5) is 0 Å². The van der Waals surface area contributed by atoms with Gasteiger partial charge in [0, 0.05) is 12.5 Å². The van der Waals surface area contributed by atoms with Crippen LogP contribution in [0.5, 0.6) is 0 Å². The van der Waals surface area contributed by atoms with Gasteiger partial charge in [-0.25, -0.2) is 0 Å². The molecule has 2 aromatic rings. The zero-order valence-electron chi connectivity index (χ0n) is 14.7. The molecule has 3 nitrogen and oxygen atoms in total. The summed E-state index contributed by atoms with van der Waals surface area (Å²) in [6.07, 6.45) is 2.21. The minimum Gasteiger partial charge on any atom is -0.468 e. The molecule has 2 fully saturated rings. The number of carbonyl (C=O) groups excluding carboxylic acids is 1. The van der Waals surface area contributed by atoms with Crippen molar-refractivity contribution in [1.82, 2.24) is 4.90 Å². The van der Waals surface area contributed by atoms with Gasteiger partial charge in [-0.05, 0) is 42.3 Å². The fraction of sp³-hybridized carbons (Fsp3) is 0.409. The van der Waals surface area contributed by atoms with E-state index in [-0.39, 0.29) is 12.0 Å². The molecular formula is C22H25NO2.